The number of carbonyl (C=O) groups excluding carboxylic acids is 1. The Balaban J connectivity index is 1.18. The van der Waals surface area contributed by atoms with E-state index >= 15 is 0 Å². The molecule has 1 amide bonds. The van der Waals surface area contributed by atoms with Crippen LogP contribution in [0.5, 0.6) is 17.4 Å². The number of fused-ring (bicyclic) bond motifs is 2. The van der Waals surface area contributed by atoms with Gasteiger partial charge in [0.15, 0.2) is 11.5 Å². The number of nitrogens with zero attached hydrogens (tertiary/aromatic N) is 1. The molecule has 1 aromatic carbocycles. The molecule has 0 bridgehead atoms. The van der Waals surface area contributed by atoms with Gasteiger partial charge in [0.2, 0.25) is 18.6 Å². The summed E-state index contributed by atoms with van der Waals surface area (Å²) in [5.74, 6) is 1.90. The van der Waals surface area contributed by atoms with Gasteiger partial charge in [0.1, 0.15) is 11.7 Å². The van der Waals surface area contributed by atoms with Crippen LogP contribution in [0.2, 0.25) is 0 Å². The van der Waals surface area contributed by atoms with E-state index in [4.69, 9.17) is 23.9 Å². The second-order valence-corrected chi connectivity index (χ2v) is 13.0. The third-order valence-corrected chi connectivity index (χ3v) is 8.45. The maximum absolute atomic E-state index is 12.8. The minimum Gasteiger partial charge on any atom is -0.471 e. The molecule has 9 heteroatoms. The Kier molecular flexibility index (Phi) is 7.39. The van der Waals surface area contributed by atoms with Crippen LogP contribution in [0, 0.1) is 5.41 Å². The van der Waals surface area contributed by atoms with E-state index in [0.29, 0.717) is 43.4 Å². The van der Waals surface area contributed by atoms with E-state index < -0.39 is 18.2 Å². The number of aliphatic hydroxyl groups excluding tert-OH is 1. The van der Waals surface area contributed by atoms with E-state index in [9.17, 15) is 9.90 Å². The maximum atomic E-state index is 12.8. The SMILES string of the molecule is CC(C)(C)Cc1cnc2c(c1)[C@@H](NC[C@H](O)[C@H](Cc1ccc3c(c1)OCO3)NC(=O)C1CCO1)CC1(CCC1)O2. The summed E-state index contributed by atoms with van der Waals surface area (Å²) in [6.45, 7) is 7.77. The van der Waals surface area contributed by atoms with Gasteiger partial charge in [0, 0.05) is 37.2 Å². The smallest absolute Gasteiger partial charge is 0.249 e. The molecule has 3 aliphatic heterocycles. The molecule has 1 unspecified atom stereocenters. The van der Waals surface area contributed by atoms with Crippen molar-refractivity contribution in [2.24, 2.45) is 5.41 Å². The molecular weight excluding hydrogens is 510 g/mol. The number of hydrogen-bond acceptors (Lipinski definition) is 8. The van der Waals surface area contributed by atoms with Crippen molar-refractivity contribution in [1.82, 2.24) is 15.6 Å². The van der Waals surface area contributed by atoms with Crippen LogP contribution in [-0.4, -0.2) is 59.8 Å². The van der Waals surface area contributed by atoms with Gasteiger partial charge in [-0.15, -0.1) is 0 Å². The van der Waals surface area contributed by atoms with Crippen LogP contribution in [0.1, 0.15) is 75.6 Å². The number of amides is 1. The van der Waals surface area contributed by atoms with Crippen LogP contribution in [0.25, 0.3) is 0 Å². The number of aliphatic hydroxyl groups is 1. The number of nitrogens with one attached hydrogen (secondary N) is 2. The number of ether oxygens (including phenoxy) is 4. The van der Waals surface area contributed by atoms with Gasteiger partial charge < -0.3 is 34.7 Å². The summed E-state index contributed by atoms with van der Waals surface area (Å²) >= 11 is 0. The minimum absolute atomic E-state index is 0.00276. The van der Waals surface area contributed by atoms with Gasteiger partial charge in [0.25, 0.3) is 0 Å². The summed E-state index contributed by atoms with van der Waals surface area (Å²) in [6, 6.07) is 7.44. The Morgan fingerprint density at radius 1 is 1.18 bits per heavy atom. The Morgan fingerprint density at radius 3 is 2.67 bits per heavy atom. The number of hydrogen-bond donors (Lipinski definition) is 3. The number of benzene rings is 1. The Hall–Kier alpha value is -2.88. The second-order valence-electron chi connectivity index (χ2n) is 13.0. The van der Waals surface area contributed by atoms with E-state index in [0.717, 1.165) is 43.2 Å². The lowest BCUT2D eigenvalue weighted by atomic mass is 9.73. The molecule has 2 fully saturated rings. The largest absolute Gasteiger partial charge is 0.471 e. The van der Waals surface area contributed by atoms with E-state index in [1.807, 2.05) is 24.4 Å². The van der Waals surface area contributed by atoms with Gasteiger partial charge in [-0.25, -0.2) is 4.98 Å². The van der Waals surface area contributed by atoms with Gasteiger partial charge >= 0.3 is 0 Å². The first-order valence-electron chi connectivity index (χ1n) is 14.6. The van der Waals surface area contributed by atoms with Crippen LogP contribution >= 0.6 is 0 Å². The molecular formula is C31H41N3O6. The van der Waals surface area contributed by atoms with E-state index in [1.54, 1.807) is 0 Å². The molecule has 40 heavy (non-hydrogen) atoms. The maximum Gasteiger partial charge on any atom is 0.249 e. The average molecular weight is 552 g/mol. The molecule has 4 heterocycles. The topological polar surface area (TPSA) is 111 Å². The van der Waals surface area contributed by atoms with Crippen molar-refractivity contribution in [3.8, 4) is 17.4 Å². The Bertz CT molecular complexity index is 1240. The molecule has 4 aliphatic rings. The highest BCUT2D eigenvalue weighted by Crippen LogP contribution is 2.48. The lowest BCUT2D eigenvalue weighted by Gasteiger charge is -2.47. The molecule has 9 nitrogen and oxygen atoms in total. The van der Waals surface area contributed by atoms with E-state index in [-0.39, 0.29) is 29.8 Å². The number of pyridine rings is 1. The highest BCUT2D eigenvalue weighted by Gasteiger charge is 2.46. The highest BCUT2D eigenvalue weighted by molar-refractivity contribution is 5.81. The molecule has 1 saturated heterocycles. The molecule has 2 aromatic rings. The molecule has 1 saturated carbocycles. The monoisotopic (exact) mass is 551 g/mol. The van der Waals surface area contributed by atoms with E-state index in [2.05, 4.69) is 37.5 Å². The summed E-state index contributed by atoms with van der Waals surface area (Å²) in [4.78, 5) is 17.6. The summed E-state index contributed by atoms with van der Waals surface area (Å²) in [5, 5.41) is 18.1. The van der Waals surface area contributed by atoms with Crippen molar-refractivity contribution in [3.05, 3.63) is 47.2 Å². The van der Waals surface area contributed by atoms with Gasteiger partial charge in [-0.05, 0) is 66.8 Å². The van der Waals surface area contributed by atoms with Crippen molar-refractivity contribution in [3.63, 3.8) is 0 Å². The van der Waals surface area contributed by atoms with Crippen LogP contribution in [0.3, 0.4) is 0 Å². The predicted molar refractivity (Wildman–Crippen MR) is 149 cm³/mol. The van der Waals surface area contributed by atoms with E-state index in [1.165, 1.54) is 5.56 Å². The minimum atomic E-state index is -0.830. The van der Waals surface area contributed by atoms with Crippen LogP contribution in [0.15, 0.2) is 30.5 Å². The normalized spacial score (nSPS) is 23.8. The Labute approximate surface area is 235 Å². The van der Waals surface area contributed by atoms with Crippen molar-refractivity contribution >= 4 is 5.91 Å². The molecule has 1 aliphatic carbocycles. The van der Waals surface area contributed by atoms with Gasteiger partial charge in [-0.1, -0.05) is 26.8 Å². The van der Waals surface area contributed by atoms with Crippen molar-refractivity contribution in [2.75, 3.05) is 19.9 Å². The van der Waals surface area contributed by atoms with Gasteiger partial charge in [-0.3, -0.25) is 4.79 Å². The summed E-state index contributed by atoms with van der Waals surface area (Å²) < 4.78 is 22.8. The summed E-state index contributed by atoms with van der Waals surface area (Å²) in [5.41, 5.74) is 3.13. The average Bonchev–Trinajstić information content (AvgIpc) is 3.31. The van der Waals surface area contributed by atoms with Crippen LogP contribution in [-0.2, 0) is 22.4 Å². The highest BCUT2D eigenvalue weighted by atomic mass is 16.7. The summed E-state index contributed by atoms with van der Waals surface area (Å²) in [7, 11) is 0. The molecule has 216 valence electrons. The number of aromatic nitrogens is 1. The number of rotatable bonds is 9. The Morgan fingerprint density at radius 2 is 1.98 bits per heavy atom. The van der Waals surface area contributed by atoms with Crippen molar-refractivity contribution in [1.29, 1.82) is 0 Å². The number of carbonyl (C=O) groups is 1. The summed E-state index contributed by atoms with van der Waals surface area (Å²) in [6.07, 6.45) is 6.74. The quantitative estimate of drug-likeness (QED) is 0.434. The molecule has 0 radical (unpaired) electrons. The first kappa shape index (κ1) is 27.3. The fourth-order valence-electron chi connectivity index (χ4n) is 6.08. The first-order chi connectivity index (χ1) is 19.2. The predicted octanol–water partition coefficient (Wildman–Crippen LogP) is 3.61. The standard InChI is InChI=1S/C31H41N3O6/c1-30(2,3)14-20-11-21-23(15-31(8-4-9-31)40-29(21)33-16-20)32-17-24(35)22(34-28(36)26-7-10-37-26)12-19-5-6-25-27(13-19)39-18-38-25/h5-6,11,13,16,22-24,26,32,35H,4,7-10,12,14-15,17-18H2,1-3H3,(H,34,36)/t22-,23-,24-,26?/m0/s1. The van der Waals surface area contributed by atoms with Crippen LogP contribution in [0.4, 0.5) is 0 Å². The molecule has 6 rings (SSSR count). The molecule has 3 N–H and O–H groups in total. The fourth-order valence-corrected chi connectivity index (χ4v) is 6.08. The third kappa shape index (κ3) is 5.92. The molecule has 1 spiro atoms. The second kappa shape index (κ2) is 10.8. The first-order valence-corrected chi connectivity index (χ1v) is 14.6. The molecule has 4 atom stereocenters. The zero-order chi connectivity index (χ0) is 27.9. The zero-order valence-corrected chi connectivity index (χ0v) is 23.7. The zero-order valence-electron chi connectivity index (χ0n) is 23.7. The third-order valence-electron chi connectivity index (χ3n) is 8.45. The van der Waals surface area contributed by atoms with Crippen molar-refractivity contribution in [2.45, 2.75) is 95.6 Å². The lowest BCUT2D eigenvalue weighted by molar-refractivity contribution is -0.146. The van der Waals surface area contributed by atoms with Crippen molar-refractivity contribution < 1.29 is 28.8 Å². The van der Waals surface area contributed by atoms with Crippen LogP contribution < -0.4 is 24.8 Å². The fraction of sp³-hybridized carbons (Fsp3) is 0.613. The lowest BCUT2D eigenvalue weighted by Crippen LogP contribution is -2.54. The van der Waals surface area contributed by atoms with Gasteiger partial charge in [-0.2, -0.15) is 0 Å². The van der Waals surface area contributed by atoms with Gasteiger partial charge in [0.05, 0.1) is 18.8 Å². The molecule has 1 aromatic heterocycles.